The molecule has 1 atom stereocenters. The minimum atomic E-state index is -0.662. The van der Waals surface area contributed by atoms with E-state index in [4.69, 9.17) is 0 Å². The number of hydrogen-bond acceptors (Lipinski definition) is 2. The molecule has 0 aromatic heterocycles. The Morgan fingerprint density at radius 3 is 2.27 bits per heavy atom. The average molecular weight is 149 g/mol. The molecule has 0 aromatic carbocycles. The van der Waals surface area contributed by atoms with E-state index in [1.54, 1.807) is 6.29 Å². The molecule has 2 nitrogen and oxygen atoms in total. The smallest absolute Gasteiger partial charge is 0.229 e. The molecule has 0 aliphatic heterocycles. The normalized spacial score (nSPS) is 11.3. The molecule has 0 aliphatic rings. The summed E-state index contributed by atoms with van der Waals surface area (Å²) in [5.41, 5.74) is 0.0879. The lowest BCUT2D eigenvalue weighted by atomic mass is 9.97. The number of hydrogen-bond donors (Lipinski definition) is 0. The molecule has 2 heteroatoms. The van der Waals surface area contributed by atoms with Gasteiger partial charge >= 0.3 is 0 Å². The van der Waals surface area contributed by atoms with Gasteiger partial charge in [0, 0.05) is 5.57 Å². The van der Waals surface area contributed by atoms with Crippen LogP contribution in [0.4, 0.5) is 0 Å². The highest BCUT2D eigenvalue weighted by Crippen LogP contribution is 2.09. The predicted molar refractivity (Wildman–Crippen MR) is 43.7 cm³/mol. The highest BCUT2D eigenvalue weighted by atomic mass is 16.1. The van der Waals surface area contributed by atoms with E-state index in [-0.39, 0.29) is 11.4 Å². The van der Waals surface area contributed by atoms with Crippen LogP contribution in [0.5, 0.6) is 0 Å². The van der Waals surface area contributed by atoms with Crippen molar-refractivity contribution < 1.29 is 9.59 Å². The fourth-order valence-electron chi connectivity index (χ4n) is 0.621. The second-order valence-electron chi connectivity index (χ2n) is 1.95. The van der Waals surface area contributed by atoms with Crippen LogP contribution < -0.4 is 0 Å². The summed E-state index contributed by atoms with van der Waals surface area (Å²) in [5.74, 6) is -0.946. The first-order valence-corrected chi connectivity index (χ1v) is 3.03. The van der Waals surface area contributed by atoms with Crippen LogP contribution >= 0.6 is 0 Å². The fourth-order valence-corrected chi connectivity index (χ4v) is 0.621. The molecule has 0 spiro atoms. The number of ketones is 1. The summed E-state index contributed by atoms with van der Waals surface area (Å²) >= 11 is 0. The lowest BCUT2D eigenvalue weighted by Gasteiger charge is -2.04. The largest absolute Gasteiger partial charge is 0.294 e. The lowest BCUT2D eigenvalue weighted by Crippen LogP contribution is -2.11. The molecule has 0 bridgehead atoms. The summed E-state index contributed by atoms with van der Waals surface area (Å²) in [6, 6.07) is 0. The Bertz CT molecular complexity index is 194. The quantitative estimate of drug-likeness (QED) is 0.435. The maximum absolute atomic E-state index is 10.9. The third kappa shape index (κ3) is 2.34. The van der Waals surface area contributed by atoms with Gasteiger partial charge in [-0.3, -0.25) is 9.59 Å². The van der Waals surface area contributed by atoms with Crippen LogP contribution in [0.1, 0.15) is 0 Å². The van der Waals surface area contributed by atoms with E-state index in [1.807, 2.05) is 0 Å². The van der Waals surface area contributed by atoms with Gasteiger partial charge in [-0.15, -0.1) is 6.58 Å². The summed E-state index contributed by atoms with van der Waals surface area (Å²) in [5, 5.41) is 0. The van der Waals surface area contributed by atoms with Crippen LogP contribution in [-0.2, 0) is 9.59 Å². The Balaban J connectivity index is 4.51. The Hall–Kier alpha value is -1.44. The zero-order valence-electron chi connectivity index (χ0n) is 6.17. The topological polar surface area (TPSA) is 34.1 Å². The third-order valence-corrected chi connectivity index (χ3v) is 1.25. The molecule has 0 aliphatic carbocycles. The standard InChI is InChI=1S/C9H9O2/c1-4-8(7(3)6-10)9(11)5-2/h4-5,8H,1-3H2. The molecular weight excluding hydrogens is 140 g/mol. The van der Waals surface area contributed by atoms with E-state index >= 15 is 0 Å². The molecule has 0 aromatic rings. The zero-order valence-corrected chi connectivity index (χ0v) is 6.17. The van der Waals surface area contributed by atoms with Crippen LogP contribution in [-0.4, -0.2) is 12.1 Å². The SMILES string of the molecule is C=CC(=O)C(C=C)C(=C)[C]=O. The van der Waals surface area contributed by atoms with Crippen LogP contribution in [0.2, 0.25) is 0 Å². The van der Waals surface area contributed by atoms with Crippen molar-refractivity contribution in [2.75, 3.05) is 0 Å². The zero-order chi connectivity index (χ0) is 8.85. The Kier molecular flexibility index (Phi) is 3.81. The third-order valence-electron chi connectivity index (χ3n) is 1.25. The summed E-state index contributed by atoms with van der Waals surface area (Å²) < 4.78 is 0. The van der Waals surface area contributed by atoms with E-state index in [9.17, 15) is 9.59 Å². The van der Waals surface area contributed by atoms with Crippen molar-refractivity contribution in [3.8, 4) is 0 Å². The van der Waals surface area contributed by atoms with E-state index in [0.29, 0.717) is 0 Å². The van der Waals surface area contributed by atoms with Gasteiger partial charge in [0.05, 0.1) is 5.92 Å². The number of carbonyl (C=O) groups is 1. The van der Waals surface area contributed by atoms with Crippen LogP contribution in [0.25, 0.3) is 0 Å². The van der Waals surface area contributed by atoms with E-state index < -0.39 is 5.92 Å². The maximum atomic E-state index is 10.9. The second-order valence-corrected chi connectivity index (χ2v) is 1.95. The maximum Gasteiger partial charge on any atom is 0.229 e. The van der Waals surface area contributed by atoms with Gasteiger partial charge < -0.3 is 0 Å². The van der Waals surface area contributed by atoms with Gasteiger partial charge in [-0.05, 0) is 6.08 Å². The van der Waals surface area contributed by atoms with Gasteiger partial charge in [0.1, 0.15) is 0 Å². The first kappa shape index (κ1) is 9.56. The Morgan fingerprint density at radius 1 is 1.45 bits per heavy atom. The van der Waals surface area contributed by atoms with E-state index in [1.165, 1.54) is 6.08 Å². The highest BCUT2D eigenvalue weighted by molar-refractivity contribution is 5.99. The molecule has 0 amide bonds. The van der Waals surface area contributed by atoms with Crippen molar-refractivity contribution in [1.82, 2.24) is 0 Å². The molecule has 0 rings (SSSR count). The summed E-state index contributed by atoms with van der Waals surface area (Å²) in [7, 11) is 0. The van der Waals surface area contributed by atoms with Gasteiger partial charge in [0.25, 0.3) is 0 Å². The highest BCUT2D eigenvalue weighted by Gasteiger charge is 2.14. The van der Waals surface area contributed by atoms with Gasteiger partial charge in [-0.1, -0.05) is 19.2 Å². The molecule has 0 fully saturated rings. The Morgan fingerprint density at radius 2 is 2.00 bits per heavy atom. The monoisotopic (exact) mass is 149 g/mol. The lowest BCUT2D eigenvalue weighted by molar-refractivity contribution is -0.115. The molecule has 0 saturated carbocycles. The Labute approximate surface area is 65.9 Å². The van der Waals surface area contributed by atoms with Crippen LogP contribution in [0, 0.1) is 5.92 Å². The van der Waals surface area contributed by atoms with Crippen molar-refractivity contribution in [3.63, 3.8) is 0 Å². The molecule has 0 saturated heterocycles. The minimum absolute atomic E-state index is 0.0879. The molecule has 11 heavy (non-hydrogen) atoms. The number of rotatable bonds is 5. The van der Waals surface area contributed by atoms with Gasteiger partial charge in [0.2, 0.25) is 6.29 Å². The molecule has 1 radical (unpaired) electrons. The van der Waals surface area contributed by atoms with Crippen molar-refractivity contribution in [2.45, 2.75) is 0 Å². The van der Waals surface area contributed by atoms with Crippen molar-refractivity contribution >= 4 is 12.1 Å². The van der Waals surface area contributed by atoms with Crippen LogP contribution in [0.3, 0.4) is 0 Å². The fraction of sp³-hybridized carbons (Fsp3) is 0.111. The summed E-state index contributed by atoms with van der Waals surface area (Å²) in [6.45, 7) is 10.0. The minimum Gasteiger partial charge on any atom is -0.294 e. The van der Waals surface area contributed by atoms with Crippen molar-refractivity contribution in [1.29, 1.82) is 0 Å². The molecule has 0 heterocycles. The second kappa shape index (κ2) is 4.39. The summed E-state index contributed by atoms with van der Waals surface area (Å²) in [4.78, 5) is 21.0. The first-order chi connectivity index (χ1) is 5.17. The molecule has 57 valence electrons. The van der Waals surface area contributed by atoms with E-state index in [2.05, 4.69) is 19.7 Å². The van der Waals surface area contributed by atoms with Crippen molar-refractivity contribution in [3.05, 3.63) is 37.5 Å². The first-order valence-electron chi connectivity index (χ1n) is 3.03. The van der Waals surface area contributed by atoms with Crippen molar-refractivity contribution in [2.24, 2.45) is 5.92 Å². The van der Waals surface area contributed by atoms with E-state index in [0.717, 1.165) is 6.08 Å². The molecule has 1 unspecified atom stereocenters. The molecular formula is C9H9O2. The van der Waals surface area contributed by atoms with Crippen LogP contribution in [0.15, 0.2) is 37.5 Å². The van der Waals surface area contributed by atoms with Gasteiger partial charge in [-0.2, -0.15) is 0 Å². The van der Waals surface area contributed by atoms with Gasteiger partial charge in [0.15, 0.2) is 5.78 Å². The number of carbonyl (C=O) groups excluding carboxylic acids is 2. The summed E-state index contributed by atoms with van der Waals surface area (Å²) in [6.07, 6.45) is 4.03. The average Bonchev–Trinajstić information content (AvgIpc) is 2.05. The predicted octanol–water partition coefficient (Wildman–Crippen LogP) is 1.21. The number of allylic oxidation sites excluding steroid dienone is 3. The van der Waals surface area contributed by atoms with Gasteiger partial charge in [-0.25, -0.2) is 0 Å². The molecule has 0 N–H and O–H groups in total.